The Balaban J connectivity index is 1.32. The normalized spacial score (nSPS) is 12.6. The van der Waals surface area contributed by atoms with E-state index >= 15 is 0 Å². The molecular formula is C22H22N2O5. The molecule has 1 aliphatic rings. The second-order valence-corrected chi connectivity index (χ2v) is 6.78. The molecule has 0 saturated heterocycles. The Bertz CT molecular complexity index is 1110. The number of carbonyl (C=O) groups is 1. The van der Waals surface area contributed by atoms with Gasteiger partial charge in [-0.15, -0.1) is 0 Å². The van der Waals surface area contributed by atoms with Gasteiger partial charge in [-0.3, -0.25) is 9.59 Å². The van der Waals surface area contributed by atoms with Crippen LogP contribution in [0.3, 0.4) is 0 Å². The van der Waals surface area contributed by atoms with Gasteiger partial charge in [0.15, 0.2) is 11.5 Å². The van der Waals surface area contributed by atoms with Crippen molar-refractivity contribution in [3.63, 3.8) is 0 Å². The number of rotatable bonds is 6. The van der Waals surface area contributed by atoms with Gasteiger partial charge in [-0.05, 0) is 30.7 Å². The number of nitrogens with zero attached hydrogens (tertiary/aromatic N) is 1. The van der Waals surface area contributed by atoms with Crippen LogP contribution in [0.1, 0.15) is 12.8 Å². The predicted octanol–water partition coefficient (Wildman–Crippen LogP) is 3.11. The summed E-state index contributed by atoms with van der Waals surface area (Å²) in [5.74, 6) is 1.74. The van der Waals surface area contributed by atoms with Gasteiger partial charge in [-0.2, -0.15) is 0 Å². The number of para-hydroxylation sites is 1. The number of hydrogen-bond donors (Lipinski definition) is 1. The van der Waals surface area contributed by atoms with Gasteiger partial charge in [0.1, 0.15) is 19.0 Å². The van der Waals surface area contributed by atoms with Crippen LogP contribution in [0.4, 0.5) is 5.69 Å². The monoisotopic (exact) mass is 394 g/mol. The molecule has 0 unspecified atom stereocenters. The van der Waals surface area contributed by atoms with Crippen LogP contribution >= 0.6 is 0 Å². The third-order valence-electron chi connectivity index (χ3n) is 4.75. The van der Waals surface area contributed by atoms with Crippen LogP contribution in [-0.2, 0) is 11.8 Å². The molecule has 0 atom stereocenters. The molecule has 0 aliphatic carbocycles. The van der Waals surface area contributed by atoms with Gasteiger partial charge in [-0.25, -0.2) is 0 Å². The standard InChI is InChI=1S/C22H22N2O5/c1-24-17-6-3-2-5-16(17)19(14-22(24)26)27-10-4-7-21(25)23-15-8-9-18-20(13-15)29-12-11-28-18/h2-3,5-6,8-9,13-14H,4,7,10-12H2,1H3,(H,23,25). The van der Waals surface area contributed by atoms with Crippen molar-refractivity contribution in [2.75, 3.05) is 25.1 Å². The zero-order chi connectivity index (χ0) is 20.2. The van der Waals surface area contributed by atoms with Gasteiger partial charge in [0.05, 0.1) is 12.1 Å². The first kappa shape index (κ1) is 18.9. The second kappa shape index (κ2) is 8.26. The van der Waals surface area contributed by atoms with Gasteiger partial charge in [0, 0.05) is 36.7 Å². The Hall–Kier alpha value is -3.48. The fraction of sp³-hybridized carbons (Fsp3) is 0.273. The zero-order valence-corrected chi connectivity index (χ0v) is 16.1. The summed E-state index contributed by atoms with van der Waals surface area (Å²) in [4.78, 5) is 24.3. The third kappa shape index (κ3) is 4.18. The molecule has 1 N–H and O–H groups in total. The Morgan fingerprint density at radius 3 is 2.76 bits per heavy atom. The maximum absolute atomic E-state index is 12.2. The first-order chi connectivity index (χ1) is 14.1. The highest BCUT2D eigenvalue weighted by atomic mass is 16.6. The third-order valence-corrected chi connectivity index (χ3v) is 4.75. The summed E-state index contributed by atoms with van der Waals surface area (Å²) in [7, 11) is 1.73. The molecule has 0 spiro atoms. The van der Waals surface area contributed by atoms with Crippen molar-refractivity contribution in [2.45, 2.75) is 12.8 Å². The van der Waals surface area contributed by atoms with Gasteiger partial charge < -0.3 is 24.1 Å². The van der Waals surface area contributed by atoms with Gasteiger partial charge in [0.25, 0.3) is 5.56 Å². The molecule has 7 heteroatoms. The lowest BCUT2D eigenvalue weighted by atomic mass is 10.2. The van der Waals surface area contributed by atoms with Crippen molar-refractivity contribution in [1.82, 2.24) is 4.57 Å². The van der Waals surface area contributed by atoms with Crippen LogP contribution in [0.25, 0.3) is 10.9 Å². The number of aryl methyl sites for hydroxylation is 1. The second-order valence-electron chi connectivity index (χ2n) is 6.78. The molecule has 0 saturated carbocycles. The lowest BCUT2D eigenvalue weighted by Crippen LogP contribution is -2.17. The minimum absolute atomic E-state index is 0.112. The molecule has 29 heavy (non-hydrogen) atoms. The fourth-order valence-electron chi connectivity index (χ4n) is 3.26. The quantitative estimate of drug-likeness (QED) is 0.650. The molecule has 0 fully saturated rings. The van der Waals surface area contributed by atoms with Crippen LogP contribution in [0.15, 0.2) is 53.3 Å². The lowest BCUT2D eigenvalue weighted by molar-refractivity contribution is -0.116. The maximum atomic E-state index is 12.2. The largest absolute Gasteiger partial charge is 0.493 e. The number of carbonyl (C=O) groups excluding carboxylic acids is 1. The number of fused-ring (bicyclic) bond motifs is 2. The Kier molecular flexibility index (Phi) is 5.37. The number of amides is 1. The summed E-state index contributed by atoms with van der Waals surface area (Å²) in [6, 6.07) is 14.4. The average Bonchev–Trinajstić information content (AvgIpc) is 2.74. The van der Waals surface area contributed by atoms with Crippen molar-refractivity contribution < 1.29 is 19.0 Å². The minimum Gasteiger partial charge on any atom is -0.493 e. The number of hydrogen-bond acceptors (Lipinski definition) is 5. The van der Waals surface area contributed by atoms with E-state index in [0.717, 1.165) is 10.9 Å². The van der Waals surface area contributed by atoms with Crippen LogP contribution in [-0.4, -0.2) is 30.3 Å². The van der Waals surface area contributed by atoms with Crippen LogP contribution < -0.4 is 25.1 Å². The van der Waals surface area contributed by atoms with E-state index in [4.69, 9.17) is 14.2 Å². The van der Waals surface area contributed by atoms with Crippen molar-refractivity contribution in [2.24, 2.45) is 7.05 Å². The van der Waals surface area contributed by atoms with E-state index in [-0.39, 0.29) is 11.5 Å². The molecule has 150 valence electrons. The summed E-state index contributed by atoms with van der Waals surface area (Å²) in [5, 5.41) is 3.72. The SMILES string of the molecule is Cn1c(=O)cc(OCCCC(=O)Nc2ccc3c(c2)OCCO3)c2ccccc21. The molecule has 7 nitrogen and oxygen atoms in total. The van der Waals surface area contributed by atoms with Crippen LogP contribution in [0.5, 0.6) is 17.2 Å². The first-order valence-electron chi connectivity index (χ1n) is 9.53. The topological polar surface area (TPSA) is 78.8 Å². The zero-order valence-electron chi connectivity index (χ0n) is 16.1. The summed E-state index contributed by atoms with van der Waals surface area (Å²) in [5.41, 5.74) is 1.35. The lowest BCUT2D eigenvalue weighted by Gasteiger charge is -2.19. The number of benzene rings is 2. The molecule has 1 aromatic heterocycles. The maximum Gasteiger partial charge on any atom is 0.254 e. The Morgan fingerprint density at radius 2 is 1.90 bits per heavy atom. The van der Waals surface area contributed by atoms with Crippen LogP contribution in [0, 0.1) is 0 Å². The van der Waals surface area contributed by atoms with Crippen molar-refractivity contribution in [1.29, 1.82) is 0 Å². The molecule has 3 aromatic rings. The predicted molar refractivity (Wildman–Crippen MR) is 110 cm³/mol. The van der Waals surface area contributed by atoms with Gasteiger partial charge >= 0.3 is 0 Å². The van der Waals surface area contributed by atoms with Crippen LogP contribution in [0.2, 0.25) is 0 Å². The molecule has 0 bridgehead atoms. The van der Waals surface area contributed by atoms with Crippen molar-refractivity contribution in [3.8, 4) is 17.2 Å². The fourth-order valence-corrected chi connectivity index (χ4v) is 3.26. The average molecular weight is 394 g/mol. The summed E-state index contributed by atoms with van der Waals surface area (Å²) < 4.78 is 18.4. The molecule has 1 aliphatic heterocycles. The van der Waals surface area contributed by atoms with E-state index < -0.39 is 0 Å². The van der Waals surface area contributed by atoms with E-state index in [1.165, 1.54) is 6.07 Å². The van der Waals surface area contributed by atoms with Crippen molar-refractivity contribution >= 4 is 22.5 Å². The molecule has 1 amide bonds. The van der Waals surface area contributed by atoms with E-state index in [0.29, 0.717) is 55.6 Å². The number of pyridine rings is 1. The van der Waals surface area contributed by atoms with Gasteiger partial charge in [0.2, 0.25) is 5.91 Å². The molecule has 2 heterocycles. The highest BCUT2D eigenvalue weighted by Crippen LogP contribution is 2.32. The molecular weight excluding hydrogens is 372 g/mol. The number of aromatic nitrogens is 1. The summed E-state index contributed by atoms with van der Waals surface area (Å²) in [6.07, 6.45) is 0.830. The number of nitrogens with one attached hydrogen (secondary N) is 1. The molecule has 4 rings (SSSR count). The highest BCUT2D eigenvalue weighted by Gasteiger charge is 2.13. The first-order valence-corrected chi connectivity index (χ1v) is 9.53. The highest BCUT2D eigenvalue weighted by molar-refractivity contribution is 5.91. The summed E-state index contributed by atoms with van der Waals surface area (Å²) in [6.45, 7) is 1.37. The number of anilines is 1. The minimum atomic E-state index is -0.130. The van der Waals surface area contributed by atoms with Gasteiger partial charge in [-0.1, -0.05) is 12.1 Å². The van der Waals surface area contributed by atoms with Crippen molar-refractivity contribution in [3.05, 3.63) is 58.9 Å². The Morgan fingerprint density at radius 1 is 1.10 bits per heavy atom. The van der Waals surface area contributed by atoms with E-state index in [2.05, 4.69) is 5.32 Å². The summed E-state index contributed by atoms with van der Waals surface area (Å²) >= 11 is 0. The Labute approximate surface area is 167 Å². The number of ether oxygens (including phenoxy) is 3. The molecule has 2 aromatic carbocycles. The molecule has 0 radical (unpaired) electrons. The van der Waals surface area contributed by atoms with E-state index in [1.54, 1.807) is 29.8 Å². The smallest absolute Gasteiger partial charge is 0.254 e. The van der Waals surface area contributed by atoms with E-state index in [9.17, 15) is 9.59 Å². The van der Waals surface area contributed by atoms with E-state index in [1.807, 2.05) is 24.3 Å².